The van der Waals surface area contributed by atoms with Crippen molar-refractivity contribution in [3.8, 4) is 0 Å². The van der Waals surface area contributed by atoms with Crippen LogP contribution in [0.25, 0.3) is 0 Å². The predicted molar refractivity (Wildman–Crippen MR) is 86.1 cm³/mol. The first-order chi connectivity index (χ1) is 9.95. The van der Waals surface area contributed by atoms with E-state index in [1.165, 1.54) is 0 Å². The minimum absolute atomic E-state index is 0.0366. The minimum Gasteiger partial charge on any atom is -0.480 e. The van der Waals surface area contributed by atoms with Gasteiger partial charge in [-0.05, 0) is 49.2 Å². The molecule has 0 saturated carbocycles. The molecule has 0 aromatic heterocycles. The smallest absolute Gasteiger partial charge is 0.323 e. The normalized spacial score (nSPS) is 10.4. The summed E-state index contributed by atoms with van der Waals surface area (Å²) in [5, 5.41) is 9.82. The molecule has 110 valence electrons. The van der Waals surface area contributed by atoms with Gasteiger partial charge in [0.2, 0.25) is 0 Å². The summed E-state index contributed by atoms with van der Waals surface area (Å²) in [6.45, 7) is 4.49. The van der Waals surface area contributed by atoms with Crippen LogP contribution in [0, 0.1) is 13.8 Å². The molecule has 1 N–H and O–H groups in total. The van der Waals surface area contributed by atoms with E-state index in [1.54, 1.807) is 0 Å². The topological polar surface area (TPSA) is 40.5 Å². The number of rotatable bonds is 5. The molecule has 2 rings (SSSR count). The number of halogens is 1. The summed E-state index contributed by atoms with van der Waals surface area (Å²) in [6.07, 6.45) is 0. The van der Waals surface area contributed by atoms with E-state index in [9.17, 15) is 4.79 Å². The number of carboxylic acids is 1. The van der Waals surface area contributed by atoms with Gasteiger partial charge in [0.15, 0.2) is 0 Å². The Labute approximate surface area is 129 Å². The monoisotopic (exact) mass is 303 g/mol. The van der Waals surface area contributed by atoms with E-state index in [2.05, 4.69) is 0 Å². The maximum Gasteiger partial charge on any atom is 0.323 e. The van der Waals surface area contributed by atoms with Crippen molar-refractivity contribution in [3.63, 3.8) is 0 Å². The number of anilines is 1. The fraction of sp³-hybridized carbons (Fsp3) is 0.235. The molecular weight excluding hydrogens is 286 g/mol. The van der Waals surface area contributed by atoms with Crippen molar-refractivity contribution in [2.45, 2.75) is 20.4 Å². The maximum absolute atomic E-state index is 11.1. The predicted octanol–water partition coefficient (Wildman–Crippen LogP) is 4.05. The van der Waals surface area contributed by atoms with Crippen molar-refractivity contribution < 1.29 is 9.90 Å². The zero-order valence-electron chi connectivity index (χ0n) is 12.1. The second-order valence-corrected chi connectivity index (χ2v) is 5.59. The van der Waals surface area contributed by atoms with Crippen LogP contribution in [0.3, 0.4) is 0 Å². The Hall–Kier alpha value is -2.00. The second-order valence-electron chi connectivity index (χ2n) is 5.16. The van der Waals surface area contributed by atoms with Crippen LogP contribution >= 0.6 is 11.6 Å². The van der Waals surface area contributed by atoms with E-state index < -0.39 is 5.97 Å². The standard InChI is InChI=1S/C17H18ClNO2/c1-12-3-7-16(8-4-12)19(11-17(20)21)10-14-5-6-15(18)9-13(14)2/h3-9H,10-11H2,1-2H3,(H,20,21). The Kier molecular flexibility index (Phi) is 4.86. The highest BCUT2D eigenvalue weighted by Gasteiger charge is 2.12. The average Bonchev–Trinajstić information content (AvgIpc) is 2.41. The first-order valence-corrected chi connectivity index (χ1v) is 7.12. The number of hydrogen-bond acceptors (Lipinski definition) is 2. The number of carboxylic acid groups (broad SMARTS) is 1. The van der Waals surface area contributed by atoms with Crippen molar-refractivity contribution in [2.75, 3.05) is 11.4 Å². The summed E-state index contributed by atoms with van der Waals surface area (Å²) < 4.78 is 0. The third kappa shape index (κ3) is 4.23. The molecule has 0 unspecified atom stereocenters. The highest BCUT2D eigenvalue weighted by molar-refractivity contribution is 6.30. The Bertz CT molecular complexity index is 638. The van der Waals surface area contributed by atoms with Crippen LogP contribution in [-0.4, -0.2) is 17.6 Å². The third-order valence-electron chi connectivity index (χ3n) is 3.39. The number of aryl methyl sites for hydroxylation is 2. The van der Waals surface area contributed by atoms with Crippen molar-refractivity contribution in [3.05, 3.63) is 64.2 Å². The Morgan fingerprint density at radius 1 is 1.14 bits per heavy atom. The van der Waals surface area contributed by atoms with E-state index in [0.717, 1.165) is 22.4 Å². The van der Waals surface area contributed by atoms with Crippen LogP contribution in [-0.2, 0) is 11.3 Å². The second kappa shape index (κ2) is 6.64. The molecular formula is C17H18ClNO2. The molecule has 0 aliphatic rings. The number of nitrogens with zero attached hydrogens (tertiary/aromatic N) is 1. The van der Waals surface area contributed by atoms with Crippen LogP contribution in [0.1, 0.15) is 16.7 Å². The van der Waals surface area contributed by atoms with Crippen LogP contribution in [0.2, 0.25) is 5.02 Å². The Morgan fingerprint density at radius 3 is 2.38 bits per heavy atom. The summed E-state index contributed by atoms with van der Waals surface area (Å²) in [5.41, 5.74) is 4.18. The van der Waals surface area contributed by atoms with Gasteiger partial charge in [-0.3, -0.25) is 4.79 Å². The van der Waals surface area contributed by atoms with Crippen molar-refractivity contribution in [2.24, 2.45) is 0 Å². The van der Waals surface area contributed by atoms with E-state index >= 15 is 0 Å². The highest BCUT2D eigenvalue weighted by Crippen LogP contribution is 2.21. The Morgan fingerprint density at radius 2 is 1.81 bits per heavy atom. The molecule has 2 aromatic carbocycles. The fourth-order valence-electron chi connectivity index (χ4n) is 2.20. The fourth-order valence-corrected chi connectivity index (χ4v) is 2.43. The van der Waals surface area contributed by atoms with Gasteiger partial charge in [-0.1, -0.05) is 35.4 Å². The molecule has 0 heterocycles. The van der Waals surface area contributed by atoms with E-state index in [1.807, 2.05) is 61.2 Å². The number of aliphatic carboxylic acids is 1. The zero-order chi connectivity index (χ0) is 15.4. The van der Waals surface area contributed by atoms with Crippen LogP contribution < -0.4 is 4.90 Å². The van der Waals surface area contributed by atoms with E-state index in [4.69, 9.17) is 16.7 Å². The molecule has 0 saturated heterocycles. The summed E-state index contributed by atoms with van der Waals surface area (Å²) in [6, 6.07) is 13.5. The lowest BCUT2D eigenvalue weighted by molar-refractivity contribution is -0.135. The van der Waals surface area contributed by atoms with Crippen molar-refractivity contribution >= 4 is 23.3 Å². The van der Waals surface area contributed by atoms with Gasteiger partial charge in [0.05, 0.1) is 0 Å². The molecule has 4 heteroatoms. The van der Waals surface area contributed by atoms with Gasteiger partial charge in [0.25, 0.3) is 0 Å². The molecule has 0 aliphatic carbocycles. The summed E-state index contributed by atoms with van der Waals surface area (Å²) >= 11 is 5.96. The Balaban J connectivity index is 2.27. The SMILES string of the molecule is Cc1ccc(N(CC(=O)O)Cc2ccc(Cl)cc2C)cc1. The molecule has 0 aliphatic heterocycles. The summed E-state index contributed by atoms with van der Waals surface area (Å²) in [7, 11) is 0. The molecule has 0 fully saturated rings. The van der Waals surface area contributed by atoms with E-state index in [-0.39, 0.29) is 6.54 Å². The van der Waals surface area contributed by atoms with Gasteiger partial charge in [0, 0.05) is 17.3 Å². The molecule has 21 heavy (non-hydrogen) atoms. The summed E-state index contributed by atoms with van der Waals surface area (Å²) in [5.74, 6) is -0.845. The van der Waals surface area contributed by atoms with E-state index in [0.29, 0.717) is 11.6 Å². The minimum atomic E-state index is -0.845. The van der Waals surface area contributed by atoms with Crippen molar-refractivity contribution in [1.82, 2.24) is 0 Å². The number of benzene rings is 2. The molecule has 0 atom stereocenters. The van der Waals surface area contributed by atoms with Gasteiger partial charge in [-0.25, -0.2) is 0 Å². The lowest BCUT2D eigenvalue weighted by Gasteiger charge is -2.24. The molecule has 3 nitrogen and oxygen atoms in total. The lowest BCUT2D eigenvalue weighted by Crippen LogP contribution is -2.29. The molecule has 0 amide bonds. The van der Waals surface area contributed by atoms with Gasteiger partial charge < -0.3 is 10.0 Å². The third-order valence-corrected chi connectivity index (χ3v) is 3.63. The van der Waals surface area contributed by atoms with Crippen LogP contribution in [0.15, 0.2) is 42.5 Å². The van der Waals surface area contributed by atoms with Gasteiger partial charge in [-0.15, -0.1) is 0 Å². The van der Waals surface area contributed by atoms with Crippen molar-refractivity contribution in [1.29, 1.82) is 0 Å². The molecule has 0 spiro atoms. The lowest BCUT2D eigenvalue weighted by atomic mass is 10.1. The highest BCUT2D eigenvalue weighted by atomic mass is 35.5. The largest absolute Gasteiger partial charge is 0.480 e. The number of carbonyl (C=O) groups is 1. The maximum atomic E-state index is 11.1. The van der Waals surface area contributed by atoms with Crippen LogP contribution in [0.4, 0.5) is 5.69 Å². The molecule has 0 bridgehead atoms. The first-order valence-electron chi connectivity index (χ1n) is 6.74. The molecule has 2 aromatic rings. The van der Waals surface area contributed by atoms with Gasteiger partial charge >= 0.3 is 5.97 Å². The van der Waals surface area contributed by atoms with Gasteiger partial charge in [-0.2, -0.15) is 0 Å². The molecule has 0 radical (unpaired) electrons. The average molecular weight is 304 g/mol. The first kappa shape index (κ1) is 15.4. The number of hydrogen-bond donors (Lipinski definition) is 1. The zero-order valence-corrected chi connectivity index (χ0v) is 12.9. The van der Waals surface area contributed by atoms with Crippen LogP contribution in [0.5, 0.6) is 0 Å². The van der Waals surface area contributed by atoms with Gasteiger partial charge in [0.1, 0.15) is 6.54 Å². The summed E-state index contributed by atoms with van der Waals surface area (Å²) in [4.78, 5) is 13.0. The quantitative estimate of drug-likeness (QED) is 0.906.